The van der Waals surface area contributed by atoms with Crippen molar-refractivity contribution in [1.29, 1.82) is 0 Å². The normalized spacial score (nSPS) is 10.5. The first-order valence-corrected chi connectivity index (χ1v) is 9.17. The Bertz CT molecular complexity index is 1160. The van der Waals surface area contributed by atoms with Gasteiger partial charge >= 0.3 is 5.97 Å². The second kappa shape index (κ2) is 8.35. The summed E-state index contributed by atoms with van der Waals surface area (Å²) in [4.78, 5) is 28.9. The van der Waals surface area contributed by atoms with Crippen LogP contribution in [0.15, 0.2) is 91.0 Å². The highest BCUT2D eigenvalue weighted by atomic mass is 16.5. The van der Waals surface area contributed by atoms with Gasteiger partial charge in [-0.25, -0.2) is 9.78 Å². The summed E-state index contributed by atoms with van der Waals surface area (Å²) in [6, 6.07) is 27.3. The van der Waals surface area contributed by atoms with Gasteiger partial charge in [0.1, 0.15) is 12.3 Å². The number of benzene rings is 3. The average Bonchev–Trinajstić information content (AvgIpc) is 2.78. The fourth-order valence-corrected chi connectivity index (χ4v) is 2.88. The first kappa shape index (κ1) is 18.4. The SMILES string of the molecule is O=C(Nc1ccccc1)c1ccc(COC(=O)c2ccc3ccccc3n2)cc1. The molecule has 4 rings (SSSR count). The molecule has 5 heteroatoms. The lowest BCUT2D eigenvalue weighted by molar-refractivity contribution is 0.0466. The van der Waals surface area contributed by atoms with E-state index < -0.39 is 5.97 Å². The Kier molecular flexibility index (Phi) is 5.29. The molecular formula is C24H18N2O3. The molecule has 0 aliphatic carbocycles. The largest absolute Gasteiger partial charge is 0.456 e. The number of pyridine rings is 1. The number of hydrogen-bond donors (Lipinski definition) is 1. The number of anilines is 1. The van der Waals surface area contributed by atoms with Gasteiger partial charge in [0.15, 0.2) is 0 Å². The molecule has 0 spiro atoms. The van der Waals surface area contributed by atoms with Crippen molar-refractivity contribution in [1.82, 2.24) is 4.98 Å². The summed E-state index contributed by atoms with van der Waals surface area (Å²) in [5.41, 5.74) is 3.06. The number of carbonyl (C=O) groups is 2. The summed E-state index contributed by atoms with van der Waals surface area (Å²) in [6.45, 7) is 0.105. The van der Waals surface area contributed by atoms with Crippen molar-refractivity contribution in [3.05, 3.63) is 108 Å². The van der Waals surface area contributed by atoms with E-state index in [2.05, 4.69) is 10.3 Å². The first-order chi connectivity index (χ1) is 14.2. The van der Waals surface area contributed by atoms with Crippen LogP contribution in [0.25, 0.3) is 10.9 Å². The van der Waals surface area contributed by atoms with Crippen molar-refractivity contribution in [2.45, 2.75) is 6.61 Å². The average molecular weight is 382 g/mol. The Hall–Kier alpha value is -3.99. The number of hydrogen-bond acceptors (Lipinski definition) is 4. The van der Waals surface area contributed by atoms with Crippen LogP contribution in [0.1, 0.15) is 26.4 Å². The Balaban J connectivity index is 1.37. The Labute approximate surface area is 168 Å². The number of amides is 1. The van der Waals surface area contributed by atoms with E-state index >= 15 is 0 Å². The van der Waals surface area contributed by atoms with E-state index in [0.717, 1.165) is 22.2 Å². The lowest BCUT2D eigenvalue weighted by Gasteiger charge is -2.07. The standard InChI is InChI=1S/C24H18N2O3/c27-23(25-20-7-2-1-3-8-20)19-12-10-17(11-13-19)16-29-24(28)22-15-14-18-6-4-5-9-21(18)26-22/h1-15H,16H2,(H,25,27). The highest BCUT2D eigenvalue weighted by molar-refractivity contribution is 6.04. The van der Waals surface area contributed by atoms with Crippen molar-refractivity contribution in [3.8, 4) is 0 Å². The lowest BCUT2D eigenvalue weighted by Crippen LogP contribution is -2.12. The molecule has 142 valence electrons. The molecule has 1 N–H and O–H groups in total. The third-order valence-corrected chi connectivity index (χ3v) is 4.43. The van der Waals surface area contributed by atoms with Gasteiger partial charge in [0.2, 0.25) is 0 Å². The van der Waals surface area contributed by atoms with E-state index in [0.29, 0.717) is 5.56 Å². The van der Waals surface area contributed by atoms with Crippen molar-refractivity contribution in [2.24, 2.45) is 0 Å². The van der Waals surface area contributed by atoms with Crippen LogP contribution in [-0.2, 0) is 11.3 Å². The van der Waals surface area contributed by atoms with Gasteiger partial charge < -0.3 is 10.1 Å². The molecule has 0 atom stereocenters. The molecule has 0 saturated carbocycles. The maximum atomic E-state index is 12.3. The van der Waals surface area contributed by atoms with Crippen molar-refractivity contribution >= 4 is 28.5 Å². The summed E-state index contributed by atoms with van der Waals surface area (Å²) in [7, 11) is 0. The minimum absolute atomic E-state index is 0.105. The van der Waals surface area contributed by atoms with Crippen LogP contribution in [0.2, 0.25) is 0 Å². The molecule has 0 radical (unpaired) electrons. The molecule has 3 aromatic carbocycles. The smallest absolute Gasteiger partial charge is 0.357 e. The van der Waals surface area contributed by atoms with E-state index in [4.69, 9.17) is 4.74 Å². The number of carbonyl (C=O) groups excluding carboxylic acids is 2. The molecule has 29 heavy (non-hydrogen) atoms. The van der Waals surface area contributed by atoms with E-state index in [1.54, 1.807) is 30.3 Å². The fraction of sp³-hybridized carbons (Fsp3) is 0.0417. The molecule has 0 aliphatic heterocycles. The quantitative estimate of drug-likeness (QED) is 0.501. The van der Waals surface area contributed by atoms with E-state index in [-0.39, 0.29) is 18.2 Å². The third-order valence-electron chi connectivity index (χ3n) is 4.43. The fourth-order valence-electron chi connectivity index (χ4n) is 2.88. The van der Waals surface area contributed by atoms with Crippen molar-refractivity contribution in [2.75, 3.05) is 5.32 Å². The number of nitrogens with zero attached hydrogens (tertiary/aromatic N) is 1. The molecule has 1 heterocycles. The maximum Gasteiger partial charge on any atom is 0.357 e. The number of esters is 1. The second-order valence-electron chi connectivity index (χ2n) is 6.48. The molecule has 4 aromatic rings. The van der Waals surface area contributed by atoms with Crippen LogP contribution >= 0.6 is 0 Å². The molecule has 1 amide bonds. The number of para-hydroxylation sites is 2. The minimum Gasteiger partial charge on any atom is -0.456 e. The number of aromatic nitrogens is 1. The van der Waals surface area contributed by atoms with Crippen LogP contribution < -0.4 is 5.32 Å². The van der Waals surface area contributed by atoms with Crippen LogP contribution in [0.5, 0.6) is 0 Å². The topological polar surface area (TPSA) is 68.3 Å². The van der Waals surface area contributed by atoms with Crippen molar-refractivity contribution < 1.29 is 14.3 Å². The van der Waals surface area contributed by atoms with E-state index in [1.807, 2.05) is 60.7 Å². The summed E-state index contributed by atoms with van der Waals surface area (Å²) in [5.74, 6) is -0.679. The predicted molar refractivity (Wildman–Crippen MR) is 112 cm³/mol. The summed E-state index contributed by atoms with van der Waals surface area (Å²) in [5, 5.41) is 3.80. The van der Waals surface area contributed by atoms with Crippen LogP contribution in [0, 0.1) is 0 Å². The van der Waals surface area contributed by atoms with Crippen molar-refractivity contribution in [3.63, 3.8) is 0 Å². The first-order valence-electron chi connectivity index (χ1n) is 9.17. The molecule has 0 unspecified atom stereocenters. The van der Waals surface area contributed by atoms with Crippen LogP contribution in [-0.4, -0.2) is 16.9 Å². The van der Waals surface area contributed by atoms with Gasteiger partial charge in [-0.3, -0.25) is 4.79 Å². The predicted octanol–water partition coefficient (Wildman–Crippen LogP) is 4.84. The number of ether oxygens (including phenoxy) is 1. The highest BCUT2D eigenvalue weighted by Crippen LogP contribution is 2.14. The molecular weight excluding hydrogens is 364 g/mol. The Morgan fingerprint density at radius 3 is 2.31 bits per heavy atom. The second-order valence-corrected chi connectivity index (χ2v) is 6.48. The monoisotopic (exact) mass is 382 g/mol. The number of nitrogens with one attached hydrogen (secondary N) is 1. The van der Waals surface area contributed by atoms with Gasteiger partial charge in [0, 0.05) is 16.6 Å². The zero-order chi connectivity index (χ0) is 20.1. The number of rotatable bonds is 5. The van der Waals surface area contributed by atoms with Gasteiger partial charge in [-0.2, -0.15) is 0 Å². The molecule has 1 aromatic heterocycles. The highest BCUT2D eigenvalue weighted by Gasteiger charge is 2.11. The molecule has 5 nitrogen and oxygen atoms in total. The van der Waals surface area contributed by atoms with Gasteiger partial charge in [0.25, 0.3) is 5.91 Å². The third kappa shape index (κ3) is 4.47. The van der Waals surface area contributed by atoms with Gasteiger partial charge in [-0.1, -0.05) is 54.6 Å². The van der Waals surface area contributed by atoms with Gasteiger partial charge in [-0.05, 0) is 42.0 Å². The Morgan fingerprint density at radius 2 is 1.52 bits per heavy atom. The van der Waals surface area contributed by atoms with Gasteiger partial charge in [0.05, 0.1) is 5.52 Å². The molecule has 0 saturated heterocycles. The molecule has 0 fully saturated rings. The summed E-state index contributed by atoms with van der Waals surface area (Å²) in [6.07, 6.45) is 0. The summed E-state index contributed by atoms with van der Waals surface area (Å²) < 4.78 is 5.36. The minimum atomic E-state index is -0.485. The lowest BCUT2D eigenvalue weighted by atomic mass is 10.1. The number of fused-ring (bicyclic) bond motifs is 1. The zero-order valence-corrected chi connectivity index (χ0v) is 15.5. The van der Waals surface area contributed by atoms with Crippen LogP contribution in [0.4, 0.5) is 5.69 Å². The maximum absolute atomic E-state index is 12.3. The van der Waals surface area contributed by atoms with Gasteiger partial charge in [-0.15, -0.1) is 0 Å². The van der Waals surface area contributed by atoms with E-state index in [9.17, 15) is 9.59 Å². The Morgan fingerprint density at radius 1 is 0.793 bits per heavy atom. The molecule has 0 aliphatic rings. The zero-order valence-electron chi connectivity index (χ0n) is 15.5. The van der Waals surface area contributed by atoms with Crippen LogP contribution in [0.3, 0.4) is 0 Å². The van der Waals surface area contributed by atoms with E-state index in [1.165, 1.54) is 0 Å². The summed E-state index contributed by atoms with van der Waals surface area (Å²) >= 11 is 0. The molecule has 0 bridgehead atoms.